The van der Waals surface area contributed by atoms with Crippen molar-refractivity contribution in [1.29, 1.82) is 0 Å². The van der Waals surface area contributed by atoms with E-state index in [4.69, 9.17) is 0 Å². The van der Waals surface area contributed by atoms with E-state index in [9.17, 15) is 9.59 Å². The van der Waals surface area contributed by atoms with E-state index in [1.807, 2.05) is 36.0 Å². The van der Waals surface area contributed by atoms with E-state index in [2.05, 4.69) is 16.0 Å². The topological polar surface area (TPSA) is 73.5 Å². The predicted molar refractivity (Wildman–Crippen MR) is 94.2 cm³/mol. The molecule has 0 radical (unpaired) electrons. The van der Waals surface area contributed by atoms with E-state index < -0.39 is 0 Å². The molecule has 0 bridgehead atoms. The lowest BCUT2D eigenvalue weighted by atomic mass is 10.2. The van der Waals surface area contributed by atoms with Crippen LogP contribution in [0.2, 0.25) is 0 Å². The molecule has 0 saturated carbocycles. The zero-order chi connectivity index (χ0) is 16.1. The van der Waals surface area contributed by atoms with Gasteiger partial charge in [-0.15, -0.1) is 0 Å². The lowest BCUT2D eigenvalue weighted by molar-refractivity contribution is -0.116. The van der Waals surface area contributed by atoms with Gasteiger partial charge in [0.1, 0.15) is 0 Å². The molecule has 0 aliphatic carbocycles. The summed E-state index contributed by atoms with van der Waals surface area (Å²) in [5.41, 5.74) is 1.54. The van der Waals surface area contributed by atoms with Crippen LogP contribution in [-0.4, -0.2) is 49.1 Å². The van der Waals surface area contributed by atoms with Gasteiger partial charge < -0.3 is 16.0 Å². The fourth-order valence-corrected chi connectivity index (χ4v) is 3.76. The largest absolute Gasteiger partial charge is 0.338 e. The van der Waals surface area contributed by atoms with Crippen LogP contribution in [0.3, 0.4) is 0 Å². The minimum atomic E-state index is -0.0804. The summed E-state index contributed by atoms with van der Waals surface area (Å²) in [6.45, 7) is 2.38. The van der Waals surface area contributed by atoms with Crippen LogP contribution in [-0.2, 0) is 4.79 Å². The van der Waals surface area contributed by atoms with Crippen molar-refractivity contribution in [3.8, 4) is 0 Å². The van der Waals surface area contributed by atoms with Gasteiger partial charge >= 0.3 is 6.03 Å². The molecule has 1 aromatic rings. The van der Waals surface area contributed by atoms with Gasteiger partial charge in [-0.1, -0.05) is 6.07 Å². The fraction of sp³-hybridized carbons (Fsp3) is 0.500. The number of urea groups is 1. The normalized spacial score (nSPS) is 21.7. The van der Waals surface area contributed by atoms with Gasteiger partial charge in [0.15, 0.2) is 0 Å². The Bertz CT molecular complexity index is 575. The fourth-order valence-electron chi connectivity index (χ4n) is 2.81. The number of thioether (sulfide) groups is 1. The van der Waals surface area contributed by atoms with Gasteiger partial charge in [-0.05, 0) is 24.6 Å². The first-order valence-corrected chi connectivity index (χ1v) is 9.14. The highest BCUT2D eigenvalue weighted by Gasteiger charge is 2.20. The second kappa shape index (κ2) is 7.70. The van der Waals surface area contributed by atoms with E-state index in [-0.39, 0.29) is 18.0 Å². The summed E-state index contributed by atoms with van der Waals surface area (Å²) in [4.78, 5) is 25.8. The quantitative estimate of drug-likeness (QED) is 0.783. The van der Waals surface area contributed by atoms with Gasteiger partial charge in [-0.25, -0.2) is 4.79 Å². The average molecular weight is 334 g/mol. The van der Waals surface area contributed by atoms with Crippen molar-refractivity contribution in [2.45, 2.75) is 18.9 Å². The Morgan fingerprint density at radius 2 is 2.30 bits per heavy atom. The number of rotatable bonds is 4. The van der Waals surface area contributed by atoms with Crippen LogP contribution >= 0.6 is 11.8 Å². The maximum Gasteiger partial charge on any atom is 0.321 e. The van der Waals surface area contributed by atoms with Gasteiger partial charge in [0.25, 0.3) is 0 Å². The number of hydrogen-bond donors (Lipinski definition) is 3. The smallest absolute Gasteiger partial charge is 0.321 e. The monoisotopic (exact) mass is 334 g/mol. The summed E-state index contributed by atoms with van der Waals surface area (Å²) < 4.78 is 0. The molecule has 2 fully saturated rings. The molecule has 2 heterocycles. The minimum absolute atomic E-state index is 0.00486. The van der Waals surface area contributed by atoms with Gasteiger partial charge in [-0.3, -0.25) is 9.69 Å². The molecule has 0 aromatic heterocycles. The maximum absolute atomic E-state index is 12.2. The van der Waals surface area contributed by atoms with Crippen LogP contribution in [0.25, 0.3) is 0 Å². The molecule has 2 aliphatic heterocycles. The molecule has 1 atom stereocenters. The number of anilines is 2. The number of nitrogens with one attached hydrogen (secondary N) is 3. The number of hydrogen-bond acceptors (Lipinski definition) is 4. The Balaban J connectivity index is 1.60. The Morgan fingerprint density at radius 3 is 3.09 bits per heavy atom. The molecule has 1 aromatic carbocycles. The van der Waals surface area contributed by atoms with Crippen molar-refractivity contribution in [1.82, 2.24) is 10.6 Å². The Labute approximate surface area is 140 Å². The lowest BCUT2D eigenvalue weighted by Crippen LogP contribution is -2.46. The molecule has 6 nitrogen and oxygen atoms in total. The molecule has 3 amide bonds. The molecule has 3 N–H and O–H groups in total. The van der Waals surface area contributed by atoms with Crippen LogP contribution in [0.1, 0.15) is 12.8 Å². The molecule has 7 heteroatoms. The summed E-state index contributed by atoms with van der Waals surface area (Å²) in [5.74, 6) is 2.09. The Morgan fingerprint density at radius 1 is 1.39 bits per heavy atom. The van der Waals surface area contributed by atoms with Crippen LogP contribution in [0.4, 0.5) is 16.2 Å². The third-order valence-corrected chi connectivity index (χ3v) is 5.08. The molecular formula is C16H22N4O2S. The molecule has 2 aliphatic rings. The summed E-state index contributed by atoms with van der Waals surface area (Å²) >= 11 is 1.88. The van der Waals surface area contributed by atoms with E-state index in [1.165, 1.54) is 0 Å². The third-order valence-electron chi connectivity index (χ3n) is 3.95. The highest BCUT2D eigenvalue weighted by atomic mass is 32.2. The number of carbonyl (C=O) groups is 2. The van der Waals surface area contributed by atoms with Gasteiger partial charge in [-0.2, -0.15) is 11.8 Å². The van der Waals surface area contributed by atoms with Crippen molar-refractivity contribution >= 4 is 35.1 Å². The summed E-state index contributed by atoms with van der Waals surface area (Å²) in [5, 5.41) is 9.13. The molecular weight excluding hydrogens is 312 g/mol. The zero-order valence-corrected chi connectivity index (χ0v) is 13.8. The van der Waals surface area contributed by atoms with Crippen molar-refractivity contribution < 1.29 is 9.59 Å². The molecule has 23 heavy (non-hydrogen) atoms. The second-order valence-corrected chi connectivity index (χ2v) is 6.92. The van der Waals surface area contributed by atoms with Gasteiger partial charge in [0.2, 0.25) is 5.91 Å². The molecule has 3 rings (SSSR count). The van der Waals surface area contributed by atoms with Gasteiger partial charge in [0.05, 0.1) is 0 Å². The first-order chi connectivity index (χ1) is 11.2. The molecule has 2 saturated heterocycles. The Kier molecular flexibility index (Phi) is 5.40. The van der Waals surface area contributed by atoms with Crippen LogP contribution in [0.15, 0.2) is 24.3 Å². The third kappa shape index (κ3) is 4.39. The van der Waals surface area contributed by atoms with Crippen molar-refractivity contribution in [3.63, 3.8) is 0 Å². The van der Waals surface area contributed by atoms with Crippen LogP contribution in [0.5, 0.6) is 0 Å². The number of amides is 3. The van der Waals surface area contributed by atoms with Crippen molar-refractivity contribution in [2.24, 2.45) is 0 Å². The summed E-state index contributed by atoms with van der Waals surface area (Å²) in [6.07, 6.45) is 1.40. The molecule has 124 valence electrons. The van der Waals surface area contributed by atoms with Crippen molar-refractivity contribution in [3.05, 3.63) is 24.3 Å². The zero-order valence-electron chi connectivity index (χ0n) is 13.0. The maximum atomic E-state index is 12.2. The highest BCUT2D eigenvalue weighted by Crippen LogP contribution is 2.21. The number of nitrogens with zero attached hydrogens (tertiary/aromatic N) is 1. The SMILES string of the molecule is O=C(CC1CSCCN1)Nc1cccc(N2CCCNC2=O)c1. The Hall–Kier alpha value is -1.73. The van der Waals surface area contributed by atoms with E-state index >= 15 is 0 Å². The minimum Gasteiger partial charge on any atom is -0.338 e. The first kappa shape index (κ1) is 16.1. The predicted octanol–water partition coefficient (Wildman–Crippen LogP) is 1.64. The van der Waals surface area contributed by atoms with Crippen LogP contribution in [0, 0.1) is 0 Å². The standard InChI is InChI=1S/C16H22N4O2S/c21-15(10-13-11-23-8-6-17-13)19-12-3-1-4-14(9-12)20-7-2-5-18-16(20)22/h1,3-4,9,13,17H,2,5-8,10-11H2,(H,18,22)(H,19,21). The average Bonchev–Trinajstić information content (AvgIpc) is 2.56. The van der Waals surface area contributed by atoms with Gasteiger partial charge in [0, 0.05) is 55.0 Å². The number of benzene rings is 1. The second-order valence-electron chi connectivity index (χ2n) is 5.77. The van der Waals surface area contributed by atoms with E-state index in [0.717, 1.165) is 42.4 Å². The van der Waals surface area contributed by atoms with Crippen molar-refractivity contribution in [2.75, 3.05) is 41.4 Å². The van der Waals surface area contributed by atoms with E-state index in [1.54, 1.807) is 4.90 Å². The van der Waals surface area contributed by atoms with Crippen LogP contribution < -0.4 is 20.9 Å². The molecule has 1 unspecified atom stereocenters. The summed E-state index contributed by atoms with van der Waals surface area (Å²) in [7, 11) is 0. The molecule has 0 spiro atoms. The number of carbonyl (C=O) groups excluding carboxylic acids is 2. The lowest BCUT2D eigenvalue weighted by Gasteiger charge is -2.27. The van der Waals surface area contributed by atoms with E-state index in [0.29, 0.717) is 13.0 Å². The summed E-state index contributed by atoms with van der Waals surface area (Å²) in [6, 6.07) is 7.62. The first-order valence-electron chi connectivity index (χ1n) is 7.99. The highest BCUT2D eigenvalue weighted by molar-refractivity contribution is 7.99.